The molecule has 0 aliphatic heterocycles. The molecule has 1 N–H and O–H groups in total. The summed E-state index contributed by atoms with van der Waals surface area (Å²) >= 11 is 0. The Morgan fingerprint density at radius 1 is 0.711 bits per heavy atom. The van der Waals surface area contributed by atoms with Gasteiger partial charge in [0.2, 0.25) is 0 Å². The van der Waals surface area contributed by atoms with Crippen LogP contribution in [0.2, 0.25) is 0 Å². The van der Waals surface area contributed by atoms with Gasteiger partial charge in [-0.2, -0.15) is 0 Å². The van der Waals surface area contributed by atoms with Crippen LogP contribution in [0.3, 0.4) is 0 Å². The number of ether oxygens (including phenoxy) is 1. The lowest BCUT2D eigenvalue weighted by molar-refractivity contribution is -0.0244. The zero-order chi connectivity index (χ0) is 61.4. The summed E-state index contributed by atoms with van der Waals surface area (Å²) in [5, 5.41) is 10.1. The molecule has 4 aromatic rings. The minimum atomic E-state index is -0.573. The number of allylic oxidation sites excluding steroid dienone is 11. The van der Waals surface area contributed by atoms with Gasteiger partial charge < -0.3 is 27.5 Å². The molecule has 10 rings (SSSR count). The Labute approximate surface area is 499 Å². The van der Waals surface area contributed by atoms with E-state index in [0.717, 1.165) is 122 Å². The number of carbonyl (C=O) groups excluding carboxylic acids is 2. The Bertz CT molecular complexity index is 3120. The highest BCUT2D eigenvalue weighted by Gasteiger charge is 2.46. The molecule has 4 aromatic heterocycles. The Morgan fingerprint density at radius 3 is 1.95 bits per heavy atom. The maximum absolute atomic E-state index is 12.5. The Kier molecular flexibility index (Phi) is 22.2. The fourth-order valence-corrected chi connectivity index (χ4v) is 13.8. The summed E-state index contributed by atoms with van der Waals surface area (Å²) in [5.74, 6) is 5.95. The van der Waals surface area contributed by atoms with Crippen molar-refractivity contribution >= 4 is 11.6 Å². The predicted molar refractivity (Wildman–Crippen MR) is 341 cm³/mol. The number of methoxy groups -OCH3 is 1. The first-order valence-electron chi connectivity index (χ1n) is 30.5. The molecule has 0 spiro atoms. The number of fused-ring (bicyclic) bond motifs is 5. The van der Waals surface area contributed by atoms with Crippen LogP contribution in [0.1, 0.15) is 198 Å². The molecule has 0 saturated heterocycles. The van der Waals surface area contributed by atoms with Crippen molar-refractivity contribution in [1.82, 2.24) is 0 Å². The van der Waals surface area contributed by atoms with E-state index in [0.29, 0.717) is 36.5 Å². The van der Waals surface area contributed by atoms with Crippen molar-refractivity contribution in [3.8, 4) is 0 Å². The van der Waals surface area contributed by atoms with E-state index in [1.54, 1.807) is 19.6 Å². The van der Waals surface area contributed by atoms with Crippen molar-refractivity contribution in [2.24, 2.45) is 45.8 Å². The first kappa shape index (κ1) is 66.2. The standard InChI is InChI=1S/C16H22O2.C15H18O2.C15H18O.C15H26O.C14H18O2/c1-11-5-6-15-13(3)10-18-16(15)9-12(2)8-14(7-11)17-4;1-6-15(5)7-11-12(10(4)8-17-11)14(16)13(15)9(2)3;1-10-5-4-6-15(3)8-14-12(7-13(10)15)11(2)9-16-14;1-7-15(6)9-8-12(14(4,5)16)10-13(15)11(2)3;1-10-6-4-3-5-7-13-14(12(15)8-10)11(2)9-16-13/h5,8,10,14H,6-7,9H2,1-4H3;6,8,13H,1-2,7H2,3-5H3;4,6,9,13H,1,5,7-8H2,2-3H3;7,12-13,16H,1-2,8-10H2,3-6H3;3,5,9-10H,4,6-8H2,1-2H3/b11-5+,12-8+;;;;5-3+/t;13-,15-;13?,15-;12-,13+,15-;/m.111./s1. The summed E-state index contributed by atoms with van der Waals surface area (Å²) in [6.07, 6.45) is 38.1. The third kappa shape index (κ3) is 15.9. The van der Waals surface area contributed by atoms with E-state index in [9.17, 15) is 14.7 Å². The first-order chi connectivity index (χ1) is 39.0. The number of rotatable bonds is 6. The van der Waals surface area contributed by atoms with E-state index in [1.165, 1.54) is 50.3 Å². The molecule has 1 saturated carbocycles. The zero-order valence-corrected chi connectivity index (χ0v) is 53.6. The average Bonchev–Trinajstić information content (AvgIpc) is 2.50. The SMILES string of the molecule is C=C1CC=C[C@]2(C)Cc3occ(C)c3CC12.C=C[C@]1(C)CC[C@@H](C(C)(C)O)C[C@H]1C(=C)C.C=C[C@]1(C)Cc2occ(C)c2C(=O)[C@H]1C(=C)C.COC1/C=C(\C)Cc2occ(C)c2C/C=C(\C)C1.Cc1coc2c1C(=O)CC(C)CC/C=C/C2. The van der Waals surface area contributed by atoms with Crippen LogP contribution >= 0.6 is 0 Å². The van der Waals surface area contributed by atoms with Crippen LogP contribution < -0.4 is 0 Å². The second kappa shape index (κ2) is 27.8. The molecule has 0 amide bonds. The number of hydrogen-bond donors (Lipinski definition) is 1. The van der Waals surface area contributed by atoms with E-state index in [-0.39, 0.29) is 39.8 Å². The normalized spacial score (nSPS) is 29.2. The largest absolute Gasteiger partial charge is 0.469 e. The molecule has 4 heterocycles. The summed E-state index contributed by atoms with van der Waals surface area (Å²) in [7, 11) is 1.77. The molecule has 0 radical (unpaired) electrons. The van der Waals surface area contributed by atoms with Crippen LogP contribution in [0.25, 0.3) is 0 Å². The third-order valence-electron chi connectivity index (χ3n) is 19.2. The maximum atomic E-state index is 12.5. The summed E-state index contributed by atoms with van der Waals surface area (Å²) in [5.41, 5.74) is 14.5. The summed E-state index contributed by atoms with van der Waals surface area (Å²) in [6, 6.07) is 0. The first-order valence-corrected chi connectivity index (χ1v) is 30.5. The van der Waals surface area contributed by atoms with Crippen molar-refractivity contribution in [3.05, 3.63) is 202 Å². The minimum Gasteiger partial charge on any atom is -0.469 e. The van der Waals surface area contributed by atoms with Crippen molar-refractivity contribution in [3.63, 3.8) is 0 Å². The summed E-state index contributed by atoms with van der Waals surface area (Å²) < 4.78 is 27.8. The molecule has 8 heteroatoms. The van der Waals surface area contributed by atoms with Gasteiger partial charge in [0.1, 0.15) is 23.0 Å². The third-order valence-corrected chi connectivity index (χ3v) is 19.2. The number of ketones is 2. The summed E-state index contributed by atoms with van der Waals surface area (Å²) in [4.78, 5) is 24.7. The second-order valence-corrected chi connectivity index (χ2v) is 27.0. The lowest BCUT2D eigenvalue weighted by atomic mass is 9.60. The molecule has 0 bridgehead atoms. The van der Waals surface area contributed by atoms with Crippen LogP contribution in [-0.4, -0.2) is 35.5 Å². The highest BCUT2D eigenvalue weighted by molar-refractivity contribution is 6.03. The predicted octanol–water partition coefficient (Wildman–Crippen LogP) is 19.2. The Balaban J connectivity index is 0.000000167. The number of Topliss-reactive ketones (excluding diaryl/α,β-unsaturated/α-hetero) is 2. The summed E-state index contributed by atoms with van der Waals surface area (Å²) in [6.45, 7) is 49.2. The van der Waals surface area contributed by atoms with Crippen LogP contribution in [0.15, 0.2) is 152 Å². The van der Waals surface area contributed by atoms with Gasteiger partial charge in [-0.15, -0.1) is 13.2 Å². The number of aliphatic hydroxyl groups is 1. The fraction of sp³-hybridized carbons (Fsp3) is 0.520. The van der Waals surface area contributed by atoms with Gasteiger partial charge in [0.05, 0.1) is 53.8 Å². The molecule has 6 aliphatic carbocycles. The number of aryl methyl sites for hydroxylation is 4. The van der Waals surface area contributed by atoms with Crippen molar-refractivity contribution < 1.29 is 37.1 Å². The lowest BCUT2D eigenvalue weighted by Gasteiger charge is -2.46. The van der Waals surface area contributed by atoms with E-state index in [4.69, 9.17) is 22.4 Å². The molecule has 0 aromatic carbocycles. The molecule has 3 unspecified atom stereocenters. The molecule has 8 nitrogen and oxygen atoms in total. The number of furan rings is 4. The van der Waals surface area contributed by atoms with Crippen LogP contribution in [-0.2, 0) is 43.3 Å². The van der Waals surface area contributed by atoms with E-state index >= 15 is 0 Å². The van der Waals surface area contributed by atoms with Gasteiger partial charge in [-0.25, -0.2) is 0 Å². The van der Waals surface area contributed by atoms with E-state index in [1.807, 2.05) is 60.1 Å². The van der Waals surface area contributed by atoms with E-state index < -0.39 is 5.60 Å². The topological polar surface area (TPSA) is 116 Å². The minimum absolute atomic E-state index is 0.118. The Hall–Kier alpha value is -5.96. The van der Waals surface area contributed by atoms with Gasteiger partial charge in [-0.1, -0.05) is 124 Å². The van der Waals surface area contributed by atoms with Gasteiger partial charge in [-0.05, 0) is 189 Å². The van der Waals surface area contributed by atoms with Crippen LogP contribution in [0.5, 0.6) is 0 Å². The monoisotopic (exact) mass is 1130 g/mol. The van der Waals surface area contributed by atoms with E-state index in [2.05, 4.69) is 131 Å². The highest BCUT2D eigenvalue weighted by Crippen LogP contribution is 2.51. The zero-order valence-electron chi connectivity index (χ0n) is 53.6. The molecule has 83 heavy (non-hydrogen) atoms. The van der Waals surface area contributed by atoms with Crippen molar-refractivity contribution in [2.75, 3.05) is 7.11 Å². The van der Waals surface area contributed by atoms with Crippen molar-refractivity contribution in [1.29, 1.82) is 0 Å². The Morgan fingerprint density at radius 2 is 1.33 bits per heavy atom. The number of carbonyl (C=O) groups is 2. The van der Waals surface area contributed by atoms with Gasteiger partial charge in [0.15, 0.2) is 11.6 Å². The lowest BCUT2D eigenvalue weighted by Crippen LogP contribution is -2.41. The van der Waals surface area contributed by atoms with Crippen LogP contribution in [0, 0.1) is 73.5 Å². The van der Waals surface area contributed by atoms with Crippen molar-refractivity contribution in [2.45, 2.75) is 199 Å². The smallest absolute Gasteiger partial charge is 0.174 e. The molecule has 9 atom stereocenters. The molecular formula is C75H102O8. The molecular weight excluding hydrogens is 1030 g/mol. The fourth-order valence-electron chi connectivity index (χ4n) is 13.8. The average molecular weight is 1130 g/mol. The highest BCUT2D eigenvalue weighted by atomic mass is 16.5. The van der Waals surface area contributed by atoms with Gasteiger partial charge in [0, 0.05) is 50.2 Å². The van der Waals surface area contributed by atoms with Gasteiger partial charge in [0.25, 0.3) is 0 Å². The second-order valence-electron chi connectivity index (χ2n) is 27.0. The molecule has 450 valence electrons. The molecule has 1 fully saturated rings. The van der Waals surface area contributed by atoms with Gasteiger partial charge >= 0.3 is 0 Å². The number of hydrogen-bond acceptors (Lipinski definition) is 8. The molecule has 6 aliphatic rings. The quantitative estimate of drug-likeness (QED) is 0.190. The van der Waals surface area contributed by atoms with Crippen LogP contribution in [0.4, 0.5) is 0 Å². The van der Waals surface area contributed by atoms with Gasteiger partial charge in [-0.3, -0.25) is 9.59 Å². The maximum Gasteiger partial charge on any atom is 0.174 e.